The lowest BCUT2D eigenvalue weighted by Crippen LogP contribution is -2.35. The number of nitrogens with two attached hydrogens (primary N) is 1. The van der Waals surface area contributed by atoms with Gasteiger partial charge in [0.15, 0.2) is 0 Å². The highest BCUT2D eigenvalue weighted by Crippen LogP contribution is 2.33. The predicted molar refractivity (Wildman–Crippen MR) is 68.7 cm³/mol. The Labute approximate surface area is 101 Å². The fourth-order valence-electron chi connectivity index (χ4n) is 1.98. The summed E-state index contributed by atoms with van der Waals surface area (Å²) in [6.07, 6.45) is 2.37. The second kappa shape index (κ2) is 4.40. The number of fused-ring (bicyclic) bond motifs is 1. The van der Waals surface area contributed by atoms with E-state index in [1.807, 2.05) is 17.8 Å². The van der Waals surface area contributed by atoms with Crippen LogP contribution in [0.25, 0.3) is 0 Å². The fraction of sp³-hybridized carbons (Fsp3) is 0.538. The molecule has 0 saturated carbocycles. The average molecular weight is 237 g/mol. The van der Waals surface area contributed by atoms with Crippen molar-refractivity contribution in [3.05, 3.63) is 29.3 Å². The summed E-state index contributed by atoms with van der Waals surface area (Å²) >= 11 is 1.91. The minimum atomic E-state index is -0.865. The fourth-order valence-corrected chi connectivity index (χ4v) is 3.00. The van der Waals surface area contributed by atoms with Crippen molar-refractivity contribution in [2.75, 3.05) is 5.75 Å². The molecule has 1 aliphatic heterocycles. The largest absolute Gasteiger partial charge is 0.388 e. The van der Waals surface area contributed by atoms with Gasteiger partial charge in [-0.1, -0.05) is 12.1 Å². The SMILES string of the molecule is CC(C)(O)C(N)c1ccc2c(c1)CCCS2. The molecule has 0 amide bonds. The van der Waals surface area contributed by atoms with Crippen molar-refractivity contribution >= 4 is 11.8 Å². The van der Waals surface area contributed by atoms with Crippen LogP contribution in [0.4, 0.5) is 0 Å². The number of rotatable bonds is 2. The zero-order valence-electron chi connectivity index (χ0n) is 9.86. The maximum absolute atomic E-state index is 9.91. The third-order valence-corrected chi connectivity index (χ3v) is 4.25. The molecule has 2 nitrogen and oxygen atoms in total. The number of hydrogen-bond acceptors (Lipinski definition) is 3. The molecular formula is C13H19NOS. The normalized spacial score (nSPS) is 18.0. The third kappa shape index (κ3) is 2.42. The highest BCUT2D eigenvalue weighted by molar-refractivity contribution is 7.99. The topological polar surface area (TPSA) is 46.2 Å². The molecule has 0 saturated heterocycles. The van der Waals surface area contributed by atoms with Gasteiger partial charge < -0.3 is 10.8 Å². The van der Waals surface area contributed by atoms with E-state index in [0.717, 1.165) is 12.0 Å². The molecule has 1 atom stereocenters. The number of benzene rings is 1. The summed E-state index contributed by atoms with van der Waals surface area (Å²) in [5.74, 6) is 1.21. The quantitative estimate of drug-likeness (QED) is 0.830. The Bertz CT molecular complexity index is 384. The molecule has 2 rings (SSSR count). The average Bonchev–Trinajstić information content (AvgIpc) is 2.26. The molecular weight excluding hydrogens is 218 g/mol. The first-order chi connectivity index (χ1) is 7.48. The molecule has 3 heteroatoms. The summed E-state index contributed by atoms with van der Waals surface area (Å²) in [7, 11) is 0. The highest BCUT2D eigenvalue weighted by Gasteiger charge is 2.25. The first-order valence-electron chi connectivity index (χ1n) is 5.72. The molecule has 88 valence electrons. The van der Waals surface area contributed by atoms with Gasteiger partial charge in [-0.25, -0.2) is 0 Å². The van der Waals surface area contributed by atoms with Gasteiger partial charge in [0.05, 0.1) is 11.6 Å². The molecule has 1 aromatic carbocycles. The van der Waals surface area contributed by atoms with Crippen LogP contribution in [-0.2, 0) is 6.42 Å². The summed E-state index contributed by atoms with van der Waals surface area (Å²) in [6.45, 7) is 3.51. The molecule has 1 aliphatic rings. The van der Waals surface area contributed by atoms with Gasteiger partial charge in [0.1, 0.15) is 0 Å². The van der Waals surface area contributed by atoms with Crippen molar-refractivity contribution in [1.82, 2.24) is 0 Å². The predicted octanol–water partition coefficient (Wildman–Crippen LogP) is 2.50. The van der Waals surface area contributed by atoms with E-state index in [4.69, 9.17) is 5.73 Å². The molecule has 1 unspecified atom stereocenters. The van der Waals surface area contributed by atoms with Crippen molar-refractivity contribution in [2.24, 2.45) is 5.73 Å². The van der Waals surface area contributed by atoms with Crippen LogP contribution in [0.3, 0.4) is 0 Å². The van der Waals surface area contributed by atoms with E-state index < -0.39 is 5.60 Å². The monoisotopic (exact) mass is 237 g/mol. The van der Waals surface area contributed by atoms with E-state index in [-0.39, 0.29) is 6.04 Å². The molecule has 0 aromatic heterocycles. The number of thioether (sulfide) groups is 1. The van der Waals surface area contributed by atoms with Crippen LogP contribution in [0, 0.1) is 0 Å². The lowest BCUT2D eigenvalue weighted by Gasteiger charge is -2.27. The van der Waals surface area contributed by atoms with Gasteiger partial charge in [0.2, 0.25) is 0 Å². The molecule has 0 aliphatic carbocycles. The number of aryl methyl sites for hydroxylation is 1. The lowest BCUT2D eigenvalue weighted by molar-refractivity contribution is 0.0517. The highest BCUT2D eigenvalue weighted by atomic mass is 32.2. The van der Waals surface area contributed by atoms with Crippen LogP contribution < -0.4 is 5.73 Å². The zero-order valence-corrected chi connectivity index (χ0v) is 10.7. The Balaban J connectivity index is 2.30. The first-order valence-corrected chi connectivity index (χ1v) is 6.70. The van der Waals surface area contributed by atoms with Crippen molar-refractivity contribution in [3.8, 4) is 0 Å². The standard InChI is InChI=1S/C13H19NOS/c1-13(2,15)12(14)10-5-6-11-9(8-10)4-3-7-16-11/h5-6,8,12,15H,3-4,7,14H2,1-2H3. The van der Waals surface area contributed by atoms with Crippen molar-refractivity contribution in [3.63, 3.8) is 0 Å². The van der Waals surface area contributed by atoms with Crippen LogP contribution in [0.5, 0.6) is 0 Å². The molecule has 0 fully saturated rings. The van der Waals surface area contributed by atoms with Gasteiger partial charge >= 0.3 is 0 Å². The van der Waals surface area contributed by atoms with E-state index >= 15 is 0 Å². The van der Waals surface area contributed by atoms with Crippen LogP contribution in [-0.4, -0.2) is 16.5 Å². The van der Waals surface area contributed by atoms with Crippen LogP contribution in [0.1, 0.15) is 37.4 Å². The second-order valence-corrected chi connectivity index (χ2v) is 6.09. The third-order valence-electron chi connectivity index (χ3n) is 3.05. The van der Waals surface area contributed by atoms with E-state index in [1.165, 1.54) is 22.6 Å². The Morgan fingerprint density at radius 1 is 1.44 bits per heavy atom. The van der Waals surface area contributed by atoms with Gasteiger partial charge in [0.25, 0.3) is 0 Å². The molecule has 3 N–H and O–H groups in total. The Hall–Kier alpha value is -0.510. The maximum atomic E-state index is 9.91. The van der Waals surface area contributed by atoms with Crippen molar-refractivity contribution in [2.45, 2.75) is 43.2 Å². The van der Waals surface area contributed by atoms with Crippen LogP contribution in [0.15, 0.2) is 23.1 Å². The lowest BCUT2D eigenvalue weighted by atomic mass is 9.91. The molecule has 1 aromatic rings. The van der Waals surface area contributed by atoms with Gasteiger partial charge in [-0.05, 0) is 49.6 Å². The molecule has 0 radical (unpaired) electrons. The smallest absolute Gasteiger partial charge is 0.0783 e. The molecule has 16 heavy (non-hydrogen) atoms. The van der Waals surface area contributed by atoms with Gasteiger partial charge in [0, 0.05) is 4.90 Å². The number of hydrogen-bond donors (Lipinski definition) is 2. The van der Waals surface area contributed by atoms with Gasteiger partial charge in [-0.3, -0.25) is 0 Å². The minimum Gasteiger partial charge on any atom is -0.388 e. The summed E-state index contributed by atoms with van der Waals surface area (Å²) in [4.78, 5) is 1.37. The van der Waals surface area contributed by atoms with E-state index in [2.05, 4.69) is 12.1 Å². The summed E-state index contributed by atoms with van der Waals surface area (Å²) in [5, 5.41) is 9.91. The number of aliphatic hydroxyl groups is 1. The van der Waals surface area contributed by atoms with E-state index in [0.29, 0.717) is 0 Å². The first kappa shape index (κ1) is 12.0. The Morgan fingerprint density at radius 2 is 2.19 bits per heavy atom. The van der Waals surface area contributed by atoms with Crippen molar-refractivity contribution < 1.29 is 5.11 Å². The molecule has 0 spiro atoms. The van der Waals surface area contributed by atoms with Crippen molar-refractivity contribution in [1.29, 1.82) is 0 Å². The summed E-state index contributed by atoms with van der Waals surface area (Å²) in [5.41, 5.74) is 7.60. The van der Waals surface area contributed by atoms with Crippen LogP contribution in [0.2, 0.25) is 0 Å². The van der Waals surface area contributed by atoms with Crippen LogP contribution >= 0.6 is 11.8 Å². The van der Waals surface area contributed by atoms with Gasteiger partial charge in [-0.15, -0.1) is 11.8 Å². The summed E-state index contributed by atoms with van der Waals surface area (Å²) < 4.78 is 0. The Morgan fingerprint density at radius 3 is 2.88 bits per heavy atom. The maximum Gasteiger partial charge on any atom is 0.0783 e. The molecule has 0 bridgehead atoms. The van der Waals surface area contributed by atoms with Gasteiger partial charge in [-0.2, -0.15) is 0 Å². The van der Waals surface area contributed by atoms with E-state index in [9.17, 15) is 5.11 Å². The van der Waals surface area contributed by atoms with E-state index in [1.54, 1.807) is 13.8 Å². The minimum absolute atomic E-state index is 0.315. The molecule has 1 heterocycles. The Kier molecular flexibility index (Phi) is 3.29. The second-order valence-electron chi connectivity index (χ2n) is 4.95. The zero-order chi connectivity index (χ0) is 11.8. The summed E-state index contributed by atoms with van der Waals surface area (Å²) in [6, 6.07) is 6.02.